The molecule has 0 radical (unpaired) electrons. The molecule has 0 unspecified atom stereocenters. The first-order valence-corrected chi connectivity index (χ1v) is 53.8. The maximum Gasteiger partial charge on any atom is 0.252 e. The van der Waals surface area contributed by atoms with Gasteiger partial charge in [0.25, 0.3) is 6.71 Å². The zero-order valence-electron chi connectivity index (χ0n) is 94.1. The van der Waals surface area contributed by atoms with Crippen LogP contribution in [0.15, 0.2) is 515 Å². The van der Waals surface area contributed by atoms with Gasteiger partial charge in [-0.05, 0) is 241 Å². The average Bonchev–Trinajstić information content (AvgIpc) is 1.05. The Morgan fingerprint density at radius 2 is 0.604 bits per heavy atom. The Hall–Kier alpha value is -16.5. The van der Waals surface area contributed by atoms with Gasteiger partial charge in [0, 0.05) is 44.8 Å². The summed E-state index contributed by atoms with van der Waals surface area (Å²) in [5.74, 6) is 0. The molecule has 0 fully saturated rings. The molecule has 0 spiro atoms. The van der Waals surface area contributed by atoms with Crippen molar-refractivity contribution in [1.82, 2.24) is 4.57 Å². The number of aromatic nitrogens is 1. The Labute approximate surface area is 867 Å². The van der Waals surface area contributed by atoms with E-state index in [1.807, 2.05) is 84.9 Å². The Morgan fingerprint density at radius 1 is 0.215 bits per heavy atom. The highest BCUT2D eigenvalue weighted by Crippen LogP contribution is 2.52. The monoisotopic (exact) mass is 1890 g/mol. The van der Waals surface area contributed by atoms with Crippen molar-refractivity contribution in [2.45, 2.75) is 78.6 Å². The molecule has 24 rings (SSSR count). The zero-order chi connectivity index (χ0) is 108. The number of anilines is 6. The molecule has 2 aliphatic rings. The minimum atomic E-state index is -4.47. The van der Waals surface area contributed by atoms with Crippen molar-refractivity contribution < 1.29 is 16.4 Å². The van der Waals surface area contributed by atoms with Gasteiger partial charge in [0.15, 0.2) is 16.1 Å². The highest BCUT2D eigenvalue weighted by Gasteiger charge is 2.49. The van der Waals surface area contributed by atoms with Crippen molar-refractivity contribution in [3.8, 4) is 94.7 Å². The van der Waals surface area contributed by atoms with Crippen molar-refractivity contribution in [1.29, 1.82) is 0 Å². The molecule has 690 valence electrons. The summed E-state index contributed by atoms with van der Waals surface area (Å²) >= 11 is 0. The van der Waals surface area contributed by atoms with Crippen LogP contribution in [0.4, 0.5) is 34.1 Å². The van der Waals surface area contributed by atoms with E-state index in [2.05, 4.69) is 430 Å². The van der Waals surface area contributed by atoms with Crippen molar-refractivity contribution in [3.05, 3.63) is 532 Å². The maximum absolute atomic E-state index is 11.4. The molecule has 0 saturated heterocycles. The van der Waals surface area contributed by atoms with Crippen LogP contribution >= 0.6 is 0 Å². The summed E-state index contributed by atoms with van der Waals surface area (Å²) in [5, 5.41) is 6.92. The molecule has 3 nitrogen and oxygen atoms in total. The smallest absolute Gasteiger partial charge is 0.252 e. The van der Waals surface area contributed by atoms with Crippen LogP contribution in [0.25, 0.3) is 117 Å². The molecule has 0 atom stereocenters. The van der Waals surface area contributed by atoms with E-state index in [0.29, 0.717) is 27.8 Å². The molecule has 2 aliphatic heterocycles. The van der Waals surface area contributed by atoms with Crippen molar-refractivity contribution in [2.75, 3.05) is 9.80 Å². The van der Waals surface area contributed by atoms with Crippen LogP contribution < -0.4 is 67.7 Å². The molecule has 0 aliphatic carbocycles. The third kappa shape index (κ3) is 15.9. The first-order chi connectivity index (χ1) is 75.3. The molecule has 0 saturated carbocycles. The van der Waals surface area contributed by atoms with Crippen LogP contribution in [0.2, 0.25) is 0 Å². The first kappa shape index (κ1) is 77.3. The number of para-hydroxylation sites is 2. The molecule has 0 bridgehead atoms. The summed E-state index contributed by atoms with van der Waals surface area (Å²) in [7, 11) is -8.50. The van der Waals surface area contributed by atoms with Gasteiger partial charge in [-0.2, -0.15) is 0 Å². The van der Waals surface area contributed by atoms with Crippen LogP contribution in [-0.4, -0.2) is 27.4 Å². The second-order valence-corrected chi connectivity index (χ2v) is 48.9. The Morgan fingerprint density at radius 3 is 1.06 bits per heavy atom. The number of nitrogens with zero attached hydrogens (tertiary/aromatic N) is 3. The lowest BCUT2D eigenvalue weighted by Gasteiger charge is -2.45. The van der Waals surface area contributed by atoms with E-state index >= 15 is 0 Å². The van der Waals surface area contributed by atoms with E-state index < -0.39 is 76.6 Å². The van der Waals surface area contributed by atoms with Gasteiger partial charge >= 0.3 is 0 Å². The number of rotatable bonds is 19. The van der Waals surface area contributed by atoms with E-state index in [-0.39, 0.29) is 62.4 Å². The third-order valence-corrected chi connectivity index (χ3v) is 38.9. The Kier molecular flexibility index (Phi) is 19.6. The third-order valence-electron chi connectivity index (χ3n) is 29.6. The lowest BCUT2D eigenvalue weighted by molar-refractivity contribution is 0.569. The Bertz CT molecular complexity index is 9140. The quantitative estimate of drug-likeness (QED) is 0.0590. The fourth-order valence-electron chi connectivity index (χ4n) is 22.4. The van der Waals surface area contributed by atoms with Crippen LogP contribution in [0.1, 0.15) is 95.5 Å². The molecule has 22 aromatic rings. The number of hydrogen-bond donors (Lipinski definition) is 0. The Balaban J connectivity index is 0.904. The van der Waals surface area contributed by atoms with Crippen LogP contribution in [0.3, 0.4) is 0 Å². The SMILES string of the molecule is [2H]c1c([2H])c(-c2ccccc2)c([2H])c([Si](c2ccccc2)(c2ccccc2)c2cc(-c3ccc4c(c3)N(c3ccc(C(C)(C)C)cc3-c3ccccc3)c3cc(-n5c6c([2H])c([2H])c([2H])c([2H])c6c6c([2H])c([2H])c([2H])c([2H])c65)cc5c3B4c3ccc(-c4cc(C(C)(C)C)cc(C(C)(C)C)c4)cc3N5c3cc(-c4ccccc4)cc(-c4ccccc4)c3)cc([Si](c3ccccc3)(c3ccccc3)c3ccc(-c4ccccc4)c(-c4ccccc4)c3)c2)c1[2H]. The summed E-state index contributed by atoms with van der Waals surface area (Å²) in [6, 6.07) is 153. The number of benzene rings is 21. The molecule has 3 heterocycles. The molecule has 0 amide bonds. The van der Waals surface area contributed by atoms with E-state index in [0.717, 1.165) is 159 Å². The molecule has 21 aromatic carbocycles. The van der Waals surface area contributed by atoms with Gasteiger partial charge < -0.3 is 14.4 Å². The average molecular weight is 1890 g/mol. The van der Waals surface area contributed by atoms with Crippen LogP contribution in [-0.2, 0) is 16.2 Å². The van der Waals surface area contributed by atoms with Gasteiger partial charge in [0.05, 0.1) is 38.9 Å². The topological polar surface area (TPSA) is 11.4 Å². The summed E-state index contributed by atoms with van der Waals surface area (Å²) in [5.41, 5.74) is 24.0. The molecule has 1 aromatic heterocycles. The van der Waals surface area contributed by atoms with Crippen LogP contribution in [0, 0.1) is 0 Å². The second kappa shape index (κ2) is 36.6. The molecule has 144 heavy (non-hydrogen) atoms. The van der Waals surface area contributed by atoms with Crippen LogP contribution in [0.5, 0.6) is 0 Å². The van der Waals surface area contributed by atoms with E-state index in [1.54, 1.807) is 4.57 Å². The predicted octanol–water partition coefficient (Wildman–Crippen LogP) is 28.8. The number of hydrogen-bond acceptors (Lipinski definition) is 2. The largest absolute Gasteiger partial charge is 0.311 e. The highest BCUT2D eigenvalue weighted by atomic mass is 28.3. The zero-order valence-corrected chi connectivity index (χ0v) is 84.1. The fraction of sp³-hybridized carbons (Fsp3) is 0.0870. The summed E-state index contributed by atoms with van der Waals surface area (Å²) < 4.78 is 125. The van der Waals surface area contributed by atoms with Crippen molar-refractivity contribution >= 4 is 137 Å². The van der Waals surface area contributed by atoms with Crippen molar-refractivity contribution in [2.24, 2.45) is 0 Å². The second-order valence-electron chi connectivity index (χ2n) is 41.4. The van der Waals surface area contributed by atoms with E-state index in [4.69, 9.17) is 0 Å². The van der Waals surface area contributed by atoms with Gasteiger partial charge in [-0.25, -0.2) is 0 Å². The lowest BCUT2D eigenvalue weighted by atomic mass is 9.33. The molecule has 0 N–H and O–H groups in total. The van der Waals surface area contributed by atoms with Gasteiger partial charge in [-0.3, -0.25) is 0 Å². The van der Waals surface area contributed by atoms with E-state index in [1.165, 1.54) is 11.1 Å². The van der Waals surface area contributed by atoms with Crippen molar-refractivity contribution in [3.63, 3.8) is 0 Å². The standard InChI is InChI=1S/C138H112BN3Si2/c1-136(2,3)108-73-78-130(125(90-108)100-55-30-15-31-56-100)142-132-88-103(107-85-119(143(113-58-32-16-33-59-113,114-60-34-17-35-61-114)117-66-44-57-101(84-117)95-45-20-10-21-46-95)93-120(86-107)144(115-62-36-18-37-63-115,116-64-38-19-39-65-116)118-74-75-121(98-51-26-13-27-52-98)124(94-118)99-53-28-14-29-54-99)72-77-127(132)139-126-76-71-102(106-80-109(137(4,5)6)89-110(81-106)138(7,8)9)87-131(126)141(111-82-104(96-47-22-11-23-48-96)79-105(83-111)97-49-24-12-25-50-97)133-91-112(92-134(142)135(133)139)140-128-69-42-40-67-122(128)123-68-41-43-70-129(123)140/h10-94H,1-9H3/i40D,41D,42D,43D,44D,57D,66D,67D,68D,69D,70D,84D. The highest BCUT2D eigenvalue weighted by molar-refractivity contribution is 7.22. The molecular weight excluding hydrogens is 1770 g/mol. The predicted molar refractivity (Wildman–Crippen MR) is 622 cm³/mol. The normalized spacial score (nSPS) is 13.7. The van der Waals surface area contributed by atoms with Gasteiger partial charge in [-0.15, -0.1) is 0 Å². The summed E-state index contributed by atoms with van der Waals surface area (Å²) in [4.78, 5) is 4.78. The van der Waals surface area contributed by atoms with Gasteiger partial charge in [0.1, 0.15) is 0 Å². The van der Waals surface area contributed by atoms with Gasteiger partial charge in [-0.1, -0.05) is 511 Å². The lowest BCUT2D eigenvalue weighted by Crippen LogP contribution is -2.78. The molecule has 6 heteroatoms. The first-order valence-electron chi connectivity index (χ1n) is 55.8. The van der Waals surface area contributed by atoms with E-state index in [9.17, 15) is 16.4 Å². The maximum atomic E-state index is 11.4. The fourth-order valence-corrected chi connectivity index (χ4v) is 31.9. The molecular formula is C138H112BN3Si2. The minimum absolute atomic E-state index is 0.0145. The summed E-state index contributed by atoms with van der Waals surface area (Å²) in [6.45, 7) is 19.6. The summed E-state index contributed by atoms with van der Waals surface area (Å²) in [6.07, 6.45) is 0. The number of fused-ring (bicyclic) bond motifs is 7. The van der Waals surface area contributed by atoms with Gasteiger partial charge in [0.2, 0.25) is 0 Å². The minimum Gasteiger partial charge on any atom is -0.311 e.